The molecule has 0 saturated heterocycles. The van der Waals surface area contributed by atoms with Crippen LogP contribution in [-0.2, 0) is 27.5 Å². The Morgan fingerprint density at radius 1 is 1.07 bits per heavy atom. The van der Waals surface area contributed by atoms with Gasteiger partial charge in [-0.25, -0.2) is 19.6 Å². The van der Waals surface area contributed by atoms with Crippen molar-refractivity contribution in [1.82, 2.24) is 25.3 Å². The smallest absolute Gasteiger partial charge is 0.335 e. The highest BCUT2D eigenvalue weighted by atomic mass is 16.5. The van der Waals surface area contributed by atoms with Crippen LogP contribution in [0.15, 0.2) is 65.6 Å². The van der Waals surface area contributed by atoms with Crippen LogP contribution in [0.25, 0.3) is 11.2 Å². The number of aromatic amines is 1. The summed E-state index contributed by atoms with van der Waals surface area (Å²) < 4.78 is 5.60. The lowest BCUT2D eigenvalue weighted by atomic mass is 9.96. The number of aliphatic carboxylic acids is 2. The first-order valence-electron chi connectivity index (χ1n) is 12.3. The first-order chi connectivity index (χ1) is 19.5. The van der Waals surface area contributed by atoms with Crippen LogP contribution in [0.1, 0.15) is 35.0 Å². The third-order valence-corrected chi connectivity index (χ3v) is 6.16. The highest BCUT2D eigenvalue weighted by Crippen LogP contribution is 2.22. The van der Waals surface area contributed by atoms with E-state index in [1.165, 1.54) is 25.3 Å². The molecule has 41 heavy (non-hydrogen) atoms. The zero-order valence-electron chi connectivity index (χ0n) is 21.8. The molecule has 7 N–H and O–H groups in total. The Morgan fingerprint density at radius 2 is 1.78 bits per heavy atom. The maximum absolute atomic E-state index is 12.8. The van der Waals surface area contributed by atoms with E-state index in [4.69, 9.17) is 10.5 Å². The minimum Gasteiger partial charge on any atom is -0.480 e. The molecular formula is C27H27N7O7. The van der Waals surface area contributed by atoms with Gasteiger partial charge in [-0.15, -0.1) is 0 Å². The zero-order valence-corrected chi connectivity index (χ0v) is 21.8. The molecule has 0 spiro atoms. The number of carboxylic acids is 2. The Kier molecular flexibility index (Phi) is 8.53. The third kappa shape index (κ3) is 7.19. The molecular weight excluding hydrogens is 534 g/mol. The number of rotatable bonds is 12. The average molecular weight is 562 g/mol. The van der Waals surface area contributed by atoms with Gasteiger partial charge in [-0.05, 0) is 36.8 Å². The van der Waals surface area contributed by atoms with Gasteiger partial charge in [-0.1, -0.05) is 30.3 Å². The number of carbonyl (C=O) groups is 3. The fourth-order valence-corrected chi connectivity index (χ4v) is 3.84. The Hall–Kier alpha value is -5.37. The second-order valence-corrected chi connectivity index (χ2v) is 9.29. The molecule has 0 bridgehead atoms. The van der Waals surface area contributed by atoms with E-state index >= 15 is 0 Å². The summed E-state index contributed by atoms with van der Waals surface area (Å²) in [6.07, 6.45) is 0.942. The van der Waals surface area contributed by atoms with E-state index in [9.17, 15) is 29.4 Å². The van der Waals surface area contributed by atoms with Gasteiger partial charge in [0.2, 0.25) is 5.95 Å². The van der Waals surface area contributed by atoms with Gasteiger partial charge in [-0.2, -0.15) is 4.98 Å². The number of nitrogen functional groups attached to an aromatic ring is 1. The van der Waals surface area contributed by atoms with Gasteiger partial charge in [0.15, 0.2) is 16.8 Å². The number of nitrogens with two attached hydrogens (primary N) is 1. The van der Waals surface area contributed by atoms with Crippen molar-refractivity contribution in [3.05, 3.63) is 88.0 Å². The summed E-state index contributed by atoms with van der Waals surface area (Å²) in [5.74, 6) is -3.52. The van der Waals surface area contributed by atoms with Crippen LogP contribution in [0.5, 0.6) is 0 Å². The van der Waals surface area contributed by atoms with Gasteiger partial charge in [0.25, 0.3) is 11.5 Å². The number of H-pyrrole nitrogens is 1. The molecule has 4 aromatic rings. The van der Waals surface area contributed by atoms with E-state index in [1.54, 1.807) is 42.5 Å². The molecule has 2 atom stereocenters. The number of amides is 1. The van der Waals surface area contributed by atoms with Crippen LogP contribution in [0.4, 0.5) is 11.6 Å². The summed E-state index contributed by atoms with van der Waals surface area (Å²) in [7, 11) is 0. The lowest BCUT2D eigenvalue weighted by molar-refractivity contribution is -0.168. The van der Waals surface area contributed by atoms with E-state index in [0.29, 0.717) is 16.9 Å². The van der Waals surface area contributed by atoms with E-state index in [1.807, 2.05) is 0 Å². The highest BCUT2D eigenvalue weighted by Gasteiger charge is 2.40. The third-order valence-electron chi connectivity index (χ3n) is 6.16. The summed E-state index contributed by atoms with van der Waals surface area (Å²) in [5.41, 5.74) is 5.22. The number of benzene rings is 2. The predicted molar refractivity (Wildman–Crippen MR) is 147 cm³/mol. The normalized spacial score (nSPS) is 13.2. The minimum atomic E-state index is -1.88. The van der Waals surface area contributed by atoms with Gasteiger partial charge in [0.05, 0.1) is 25.0 Å². The number of fused-ring (bicyclic) bond motifs is 1. The van der Waals surface area contributed by atoms with Crippen LogP contribution in [0.3, 0.4) is 0 Å². The predicted octanol–water partition coefficient (Wildman–Crippen LogP) is 1.54. The first kappa shape index (κ1) is 28.6. The fraction of sp³-hybridized carbons (Fsp3) is 0.222. The number of carboxylic acid groups (broad SMARTS) is 2. The molecule has 0 aliphatic heterocycles. The zero-order chi connectivity index (χ0) is 29.6. The quantitative estimate of drug-likeness (QED) is 0.145. The van der Waals surface area contributed by atoms with Crippen molar-refractivity contribution in [2.45, 2.75) is 38.1 Å². The number of hydrogen-bond donors (Lipinski definition) is 6. The van der Waals surface area contributed by atoms with Crippen molar-refractivity contribution in [1.29, 1.82) is 0 Å². The number of nitrogens with zero attached hydrogens (tertiary/aromatic N) is 3. The summed E-state index contributed by atoms with van der Waals surface area (Å²) in [6.45, 7) is 1.42. The Morgan fingerprint density at radius 3 is 2.44 bits per heavy atom. The monoisotopic (exact) mass is 561 g/mol. The van der Waals surface area contributed by atoms with Gasteiger partial charge >= 0.3 is 11.9 Å². The Bertz CT molecular complexity index is 1630. The van der Waals surface area contributed by atoms with Crippen LogP contribution in [0, 0.1) is 0 Å². The minimum absolute atomic E-state index is 0.0444. The van der Waals surface area contributed by atoms with Gasteiger partial charge in [-0.3, -0.25) is 14.6 Å². The molecule has 1 amide bonds. The molecule has 0 radical (unpaired) electrons. The molecule has 0 fully saturated rings. The summed E-state index contributed by atoms with van der Waals surface area (Å²) >= 11 is 0. The molecule has 212 valence electrons. The van der Waals surface area contributed by atoms with Crippen LogP contribution in [0.2, 0.25) is 0 Å². The van der Waals surface area contributed by atoms with Gasteiger partial charge in [0, 0.05) is 17.7 Å². The molecule has 0 aliphatic carbocycles. The second-order valence-electron chi connectivity index (χ2n) is 9.29. The van der Waals surface area contributed by atoms with Crippen LogP contribution < -0.4 is 21.9 Å². The second kappa shape index (κ2) is 12.2. The van der Waals surface area contributed by atoms with Crippen LogP contribution in [-0.4, -0.2) is 59.6 Å². The number of carbonyl (C=O) groups excluding carboxylic acids is 1. The van der Waals surface area contributed by atoms with Gasteiger partial charge in [0.1, 0.15) is 6.04 Å². The van der Waals surface area contributed by atoms with E-state index in [2.05, 4.69) is 30.6 Å². The molecule has 14 heteroatoms. The molecule has 2 heterocycles. The largest absolute Gasteiger partial charge is 0.480 e. The fourth-order valence-electron chi connectivity index (χ4n) is 3.84. The lowest BCUT2D eigenvalue weighted by Gasteiger charge is -2.28. The van der Waals surface area contributed by atoms with E-state index in [-0.39, 0.29) is 35.8 Å². The first-order valence-corrected chi connectivity index (χ1v) is 12.3. The highest BCUT2D eigenvalue weighted by molar-refractivity contribution is 5.97. The number of anilines is 2. The van der Waals surface area contributed by atoms with Crippen molar-refractivity contribution in [3.8, 4) is 0 Å². The molecule has 1 unspecified atom stereocenters. The summed E-state index contributed by atoms with van der Waals surface area (Å²) in [5, 5.41) is 24.9. The van der Waals surface area contributed by atoms with E-state index in [0.717, 1.165) is 0 Å². The maximum Gasteiger partial charge on any atom is 0.335 e. The SMILES string of the molecule is CC(C[C@H](NC(=O)c1ccc(NCc2cnc3nc(N)[nH]c(=O)c3n2)cc1)C(=O)O)(OCc1ccccc1)C(=O)O. The Labute approximate surface area is 232 Å². The maximum atomic E-state index is 12.8. The van der Waals surface area contributed by atoms with E-state index < -0.39 is 41.5 Å². The van der Waals surface area contributed by atoms with Crippen molar-refractivity contribution in [3.63, 3.8) is 0 Å². The molecule has 2 aromatic carbocycles. The molecule has 0 saturated carbocycles. The number of aromatic nitrogens is 4. The van der Waals surface area contributed by atoms with Gasteiger partial charge < -0.3 is 31.3 Å². The average Bonchev–Trinajstić information content (AvgIpc) is 2.95. The lowest BCUT2D eigenvalue weighted by Crippen LogP contribution is -2.50. The Balaban J connectivity index is 1.38. The van der Waals surface area contributed by atoms with Crippen LogP contribution >= 0.6 is 0 Å². The van der Waals surface area contributed by atoms with Crippen molar-refractivity contribution in [2.24, 2.45) is 0 Å². The number of ether oxygens (including phenoxy) is 1. The molecule has 0 aliphatic rings. The number of nitrogens with one attached hydrogen (secondary N) is 3. The standard InChI is InChI=1S/C27H27N7O7/c1-27(25(39)40,41-14-15-5-3-2-4-6-15)11-19(24(37)38)32-22(35)16-7-9-17(10-8-16)29-12-18-13-30-21-20(31-18)23(36)34-26(28)33-21/h2-10,13,19,29H,11-12,14H2,1H3,(H,32,35)(H,37,38)(H,39,40)(H3,28,30,33,34,36)/t19-,27?/m0/s1. The molecule has 2 aromatic heterocycles. The van der Waals surface area contributed by atoms with Crippen molar-refractivity contribution < 1.29 is 29.3 Å². The topological polar surface area (TPSA) is 223 Å². The molecule has 14 nitrogen and oxygen atoms in total. The summed E-state index contributed by atoms with van der Waals surface area (Å²) in [4.78, 5) is 63.4. The van der Waals surface area contributed by atoms with Crippen molar-refractivity contribution in [2.75, 3.05) is 11.1 Å². The van der Waals surface area contributed by atoms with Crippen molar-refractivity contribution >= 4 is 40.6 Å². The number of hydrogen-bond acceptors (Lipinski definition) is 10. The summed E-state index contributed by atoms with van der Waals surface area (Å²) in [6, 6.07) is 13.5. The molecule has 4 rings (SSSR count).